The minimum atomic E-state index is -4.90. The van der Waals surface area contributed by atoms with E-state index in [0.29, 0.717) is 33.9 Å². The second kappa shape index (κ2) is 14.9. The van der Waals surface area contributed by atoms with Crippen molar-refractivity contribution in [2.45, 2.75) is 57.3 Å². The first-order valence-electron chi connectivity index (χ1n) is 13.6. The molecule has 0 spiro atoms. The van der Waals surface area contributed by atoms with Crippen LogP contribution >= 0.6 is 34.8 Å². The number of amides is 2. The number of carbonyl (C=O) groups excluding carboxylic acids is 2. The summed E-state index contributed by atoms with van der Waals surface area (Å²) >= 11 is 18.2. The van der Waals surface area contributed by atoms with Crippen molar-refractivity contribution >= 4 is 62.3 Å². The van der Waals surface area contributed by atoms with Gasteiger partial charge in [-0.2, -0.15) is 13.2 Å². The molecule has 3 rings (SSSR count). The molecule has 3 aromatic carbocycles. The fraction of sp³-hybridized carbons (Fsp3) is 0.333. The van der Waals surface area contributed by atoms with Crippen LogP contribution in [-0.4, -0.2) is 44.3 Å². The van der Waals surface area contributed by atoms with E-state index in [-0.39, 0.29) is 22.9 Å². The maximum Gasteiger partial charge on any atom is 0.417 e. The van der Waals surface area contributed by atoms with Crippen molar-refractivity contribution < 1.29 is 31.2 Å². The molecular weight excluding hydrogens is 662 g/mol. The number of nitrogens with one attached hydrogen (secondary N) is 1. The van der Waals surface area contributed by atoms with Crippen LogP contribution in [0.4, 0.5) is 18.9 Å². The second-order valence-electron chi connectivity index (χ2n) is 9.96. The van der Waals surface area contributed by atoms with Gasteiger partial charge in [0, 0.05) is 23.1 Å². The van der Waals surface area contributed by atoms with Gasteiger partial charge in [-0.25, -0.2) is 8.42 Å². The first-order chi connectivity index (χ1) is 20.6. The summed E-state index contributed by atoms with van der Waals surface area (Å²) in [6.07, 6.45) is -4.13. The highest BCUT2D eigenvalue weighted by molar-refractivity contribution is 7.92. The predicted molar refractivity (Wildman–Crippen MR) is 167 cm³/mol. The Hall–Kier alpha value is -2.99. The number of halogens is 6. The van der Waals surface area contributed by atoms with Crippen LogP contribution in [0.1, 0.15) is 43.4 Å². The lowest BCUT2D eigenvalue weighted by Gasteiger charge is -2.33. The number of sulfonamides is 1. The highest BCUT2D eigenvalue weighted by Gasteiger charge is 2.37. The topological polar surface area (TPSA) is 86.8 Å². The number of anilines is 1. The van der Waals surface area contributed by atoms with E-state index in [1.807, 2.05) is 6.92 Å². The minimum Gasteiger partial charge on any atom is -0.354 e. The average Bonchev–Trinajstić information content (AvgIpc) is 2.95. The summed E-state index contributed by atoms with van der Waals surface area (Å²) in [5.41, 5.74) is -0.552. The van der Waals surface area contributed by atoms with Gasteiger partial charge in [0.2, 0.25) is 11.8 Å². The zero-order valence-electron chi connectivity index (χ0n) is 24.1. The molecule has 3 aromatic rings. The van der Waals surface area contributed by atoms with Gasteiger partial charge >= 0.3 is 6.18 Å². The van der Waals surface area contributed by atoms with Gasteiger partial charge in [0.05, 0.1) is 21.2 Å². The van der Waals surface area contributed by atoms with E-state index in [0.717, 1.165) is 17.7 Å². The number of nitrogens with zero attached hydrogens (tertiary/aromatic N) is 2. The highest BCUT2D eigenvalue weighted by Crippen LogP contribution is 2.38. The van der Waals surface area contributed by atoms with Gasteiger partial charge in [-0.1, -0.05) is 72.4 Å². The average molecular weight is 693 g/mol. The first kappa shape index (κ1) is 35.5. The van der Waals surface area contributed by atoms with Gasteiger partial charge < -0.3 is 10.2 Å². The molecule has 1 N–H and O–H groups in total. The third kappa shape index (κ3) is 8.59. The van der Waals surface area contributed by atoms with Crippen molar-refractivity contribution in [2.75, 3.05) is 17.4 Å². The van der Waals surface area contributed by atoms with Gasteiger partial charge in [-0.3, -0.25) is 13.9 Å². The number of rotatable bonds is 12. The molecule has 238 valence electrons. The van der Waals surface area contributed by atoms with E-state index in [2.05, 4.69) is 5.32 Å². The Balaban J connectivity index is 2.16. The zero-order valence-corrected chi connectivity index (χ0v) is 27.2. The van der Waals surface area contributed by atoms with E-state index in [4.69, 9.17) is 34.8 Å². The zero-order chi connectivity index (χ0) is 32.8. The molecule has 0 radical (unpaired) electrons. The quantitative estimate of drug-likeness (QED) is 0.213. The van der Waals surface area contributed by atoms with Gasteiger partial charge in [-0.15, -0.1) is 0 Å². The minimum absolute atomic E-state index is 0.149. The molecule has 7 nitrogen and oxygen atoms in total. The number of carbonyl (C=O) groups is 2. The van der Waals surface area contributed by atoms with Gasteiger partial charge in [0.1, 0.15) is 12.6 Å². The van der Waals surface area contributed by atoms with Gasteiger partial charge in [-0.05, 0) is 67.8 Å². The highest BCUT2D eigenvalue weighted by atomic mass is 35.5. The molecule has 0 aliphatic rings. The van der Waals surface area contributed by atoms with Crippen LogP contribution < -0.4 is 9.62 Å². The predicted octanol–water partition coefficient (Wildman–Crippen LogP) is 7.50. The van der Waals surface area contributed by atoms with Crippen molar-refractivity contribution in [1.82, 2.24) is 10.2 Å². The SMILES string of the molecule is CCCNC(=O)[C@H](CC)N(Cc1ccc(Cl)cc1Cl)C(=O)CN(c1ccc(Cl)c(C(F)(F)F)c1)S(=O)(=O)c1ccc(C)cc1. The third-order valence-electron chi connectivity index (χ3n) is 6.72. The maximum absolute atomic E-state index is 14.1. The van der Waals surface area contributed by atoms with E-state index >= 15 is 0 Å². The Bertz CT molecular complexity index is 1600. The van der Waals surface area contributed by atoms with Crippen molar-refractivity contribution in [3.63, 3.8) is 0 Å². The normalized spacial score (nSPS) is 12.5. The van der Waals surface area contributed by atoms with E-state index in [9.17, 15) is 31.2 Å². The lowest BCUT2D eigenvalue weighted by Crippen LogP contribution is -2.52. The fourth-order valence-corrected chi connectivity index (χ4v) is 6.47. The molecule has 0 aromatic heterocycles. The van der Waals surface area contributed by atoms with Crippen molar-refractivity contribution in [2.24, 2.45) is 0 Å². The van der Waals surface area contributed by atoms with Crippen molar-refractivity contribution in [3.8, 4) is 0 Å². The maximum atomic E-state index is 14.1. The first-order valence-corrected chi connectivity index (χ1v) is 16.1. The van der Waals surface area contributed by atoms with Gasteiger partial charge in [0.15, 0.2) is 0 Å². The lowest BCUT2D eigenvalue weighted by atomic mass is 10.1. The second-order valence-corrected chi connectivity index (χ2v) is 13.1. The monoisotopic (exact) mass is 691 g/mol. The Morgan fingerprint density at radius 3 is 2.16 bits per heavy atom. The van der Waals surface area contributed by atoms with Crippen LogP contribution in [0.5, 0.6) is 0 Å². The summed E-state index contributed by atoms with van der Waals surface area (Å²) in [4.78, 5) is 28.2. The third-order valence-corrected chi connectivity index (χ3v) is 9.43. The Morgan fingerprint density at radius 2 is 1.59 bits per heavy atom. The fourth-order valence-electron chi connectivity index (χ4n) is 4.37. The van der Waals surface area contributed by atoms with Crippen LogP contribution in [0, 0.1) is 6.92 Å². The van der Waals surface area contributed by atoms with Crippen molar-refractivity contribution in [1.29, 1.82) is 0 Å². The number of hydrogen-bond acceptors (Lipinski definition) is 4. The lowest BCUT2D eigenvalue weighted by molar-refractivity contribution is -0.140. The largest absolute Gasteiger partial charge is 0.417 e. The standard InChI is InChI=1S/C30H31Cl3F3N3O4S/c1-4-14-37-29(41)27(5-2)38(17-20-8-9-21(31)15-26(20)33)28(40)18-39(44(42,43)23-11-6-19(3)7-12-23)22-10-13-25(32)24(16-22)30(34,35)36/h6-13,15-16,27H,4-5,14,17-18H2,1-3H3,(H,37,41)/t27-/m0/s1. The summed E-state index contributed by atoms with van der Waals surface area (Å²) < 4.78 is 69.9. The molecule has 0 fully saturated rings. The van der Waals surface area contributed by atoms with Crippen molar-refractivity contribution in [3.05, 3.63) is 92.4 Å². The molecule has 0 saturated carbocycles. The van der Waals surface area contributed by atoms with Crippen LogP contribution in [0.3, 0.4) is 0 Å². The number of benzene rings is 3. The summed E-state index contributed by atoms with van der Waals surface area (Å²) in [7, 11) is -4.60. The molecule has 0 saturated heterocycles. The van der Waals surface area contributed by atoms with Crippen LogP contribution in [-0.2, 0) is 32.3 Å². The Labute approximate surface area is 269 Å². The van der Waals surface area contributed by atoms with Gasteiger partial charge in [0.25, 0.3) is 10.0 Å². The molecule has 44 heavy (non-hydrogen) atoms. The molecule has 0 aliphatic heterocycles. The van der Waals surface area contributed by atoms with E-state index in [1.54, 1.807) is 26.0 Å². The number of alkyl halides is 3. The van der Waals surface area contributed by atoms with E-state index < -0.39 is 56.9 Å². The summed E-state index contributed by atoms with van der Waals surface area (Å²) in [6.45, 7) is 4.46. The molecule has 0 heterocycles. The summed E-state index contributed by atoms with van der Waals surface area (Å²) in [5.74, 6) is -1.33. The van der Waals surface area contributed by atoms with Crippen LogP contribution in [0.2, 0.25) is 15.1 Å². The molecule has 2 amide bonds. The Kier molecular flexibility index (Phi) is 12.0. The Morgan fingerprint density at radius 1 is 0.932 bits per heavy atom. The number of aryl methyl sites for hydroxylation is 1. The molecular formula is C30H31Cl3F3N3O4S. The summed E-state index contributed by atoms with van der Waals surface area (Å²) in [5, 5.41) is 2.65. The van der Waals surface area contributed by atoms with E-state index in [1.165, 1.54) is 35.2 Å². The summed E-state index contributed by atoms with van der Waals surface area (Å²) in [6, 6.07) is 11.7. The molecule has 14 heteroatoms. The molecule has 1 atom stereocenters. The number of hydrogen-bond donors (Lipinski definition) is 1. The molecule has 0 unspecified atom stereocenters. The molecule has 0 bridgehead atoms. The van der Waals surface area contributed by atoms with Crippen LogP contribution in [0.25, 0.3) is 0 Å². The smallest absolute Gasteiger partial charge is 0.354 e. The molecule has 0 aliphatic carbocycles. The van der Waals surface area contributed by atoms with Crippen LogP contribution in [0.15, 0.2) is 65.6 Å².